The first-order valence-electron chi connectivity index (χ1n) is 4.95. The van der Waals surface area contributed by atoms with Crippen LogP contribution in [0.15, 0.2) is 36.4 Å². The third-order valence-electron chi connectivity index (χ3n) is 2.35. The highest BCUT2D eigenvalue weighted by atomic mass is 19.3. The van der Waals surface area contributed by atoms with Crippen molar-refractivity contribution in [3.05, 3.63) is 42.1 Å². The van der Waals surface area contributed by atoms with E-state index in [1.165, 1.54) is 6.07 Å². The quantitative estimate of drug-likeness (QED) is 0.892. The summed E-state index contributed by atoms with van der Waals surface area (Å²) in [7, 11) is 0. The van der Waals surface area contributed by atoms with Crippen LogP contribution in [0.2, 0.25) is 0 Å². The SMILES string of the molecule is O=C(O)CC(F)(F)c1ccc2ccccc2n1. The lowest BCUT2D eigenvalue weighted by atomic mass is 10.1. The van der Waals surface area contributed by atoms with E-state index in [1.54, 1.807) is 24.3 Å². The number of carboxylic acid groups (broad SMARTS) is 1. The van der Waals surface area contributed by atoms with Gasteiger partial charge < -0.3 is 5.11 Å². The van der Waals surface area contributed by atoms with Crippen LogP contribution in [0.25, 0.3) is 10.9 Å². The Morgan fingerprint density at radius 2 is 1.94 bits per heavy atom. The Labute approximate surface area is 95.7 Å². The molecule has 0 unspecified atom stereocenters. The second-order valence-electron chi connectivity index (χ2n) is 3.66. The fourth-order valence-electron chi connectivity index (χ4n) is 1.55. The average molecular weight is 237 g/mol. The molecule has 0 saturated carbocycles. The summed E-state index contributed by atoms with van der Waals surface area (Å²) >= 11 is 0. The molecule has 0 bridgehead atoms. The number of fused-ring (bicyclic) bond motifs is 1. The third-order valence-corrected chi connectivity index (χ3v) is 2.35. The molecule has 0 fully saturated rings. The largest absolute Gasteiger partial charge is 0.481 e. The summed E-state index contributed by atoms with van der Waals surface area (Å²) in [6.07, 6.45) is -1.25. The molecule has 1 aromatic carbocycles. The van der Waals surface area contributed by atoms with Crippen LogP contribution in [0.3, 0.4) is 0 Å². The van der Waals surface area contributed by atoms with Gasteiger partial charge in [-0.25, -0.2) is 4.98 Å². The highest BCUT2D eigenvalue weighted by molar-refractivity contribution is 5.78. The van der Waals surface area contributed by atoms with Gasteiger partial charge in [-0.05, 0) is 12.1 Å². The van der Waals surface area contributed by atoms with Gasteiger partial charge in [-0.2, -0.15) is 8.78 Å². The molecule has 1 heterocycles. The lowest BCUT2D eigenvalue weighted by Crippen LogP contribution is -2.19. The summed E-state index contributed by atoms with van der Waals surface area (Å²) in [5.74, 6) is -5.00. The lowest BCUT2D eigenvalue weighted by Gasteiger charge is -2.13. The summed E-state index contributed by atoms with van der Waals surface area (Å²) in [6, 6.07) is 9.49. The molecule has 0 spiro atoms. The van der Waals surface area contributed by atoms with Crippen molar-refractivity contribution >= 4 is 16.9 Å². The van der Waals surface area contributed by atoms with E-state index in [4.69, 9.17) is 5.11 Å². The number of rotatable bonds is 3. The van der Waals surface area contributed by atoms with Gasteiger partial charge in [0.05, 0.1) is 5.52 Å². The van der Waals surface area contributed by atoms with Crippen molar-refractivity contribution in [1.29, 1.82) is 0 Å². The third kappa shape index (κ3) is 2.38. The van der Waals surface area contributed by atoms with Gasteiger partial charge in [-0.3, -0.25) is 4.79 Å². The summed E-state index contributed by atoms with van der Waals surface area (Å²) in [5, 5.41) is 9.15. The highest BCUT2D eigenvalue weighted by Gasteiger charge is 2.36. The van der Waals surface area contributed by atoms with Crippen molar-refractivity contribution in [2.24, 2.45) is 0 Å². The maximum Gasteiger partial charge on any atom is 0.309 e. The maximum absolute atomic E-state index is 13.5. The Bertz CT molecular complexity index is 569. The van der Waals surface area contributed by atoms with Crippen molar-refractivity contribution in [3.8, 4) is 0 Å². The van der Waals surface area contributed by atoms with E-state index in [0.29, 0.717) is 5.52 Å². The summed E-state index contributed by atoms with van der Waals surface area (Å²) in [4.78, 5) is 14.1. The molecule has 0 aliphatic rings. The molecule has 88 valence electrons. The number of carboxylic acids is 1. The number of halogens is 2. The fourth-order valence-corrected chi connectivity index (χ4v) is 1.55. The first-order chi connectivity index (χ1) is 7.99. The Morgan fingerprint density at radius 1 is 1.24 bits per heavy atom. The topological polar surface area (TPSA) is 50.2 Å². The van der Waals surface area contributed by atoms with Crippen molar-refractivity contribution in [1.82, 2.24) is 4.98 Å². The van der Waals surface area contributed by atoms with E-state index in [1.807, 2.05) is 0 Å². The number of nitrogens with zero attached hydrogens (tertiary/aromatic N) is 1. The molecule has 0 amide bonds. The van der Waals surface area contributed by atoms with Crippen LogP contribution >= 0.6 is 0 Å². The normalized spacial score (nSPS) is 11.6. The summed E-state index contributed by atoms with van der Waals surface area (Å²) < 4.78 is 27.0. The molecule has 0 saturated heterocycles. The number of para-hydroxylation sites is 1. The molecular formula is C12H9F2NO2. The number of alkyl halides is 2. The van der Waals surface area contributed by atoms with Gasteiger partial charge in [0.15, 0.2) is 0 Å². The zero-order valence-corrected chi connectivity index (χ0v) is 8.73. The molecule has 0 aliphatic carbocycles. The minimum Gasteiger partial charge on any atom is -0.481 e. The van der Waals surface area contributed by atoms with Crippen LogP contribution in [-0.2, 0) is 10.7 Å². The second-order valence-corrected chi connectivity index (χ2v) is 3.66. The minimum absolute atomic E-state index is 0.426. The molecule has 0 atom stereocenters. The van der Waals surface area contributed by atoms with Crippen LogP contribution in [0.4, 0.5) is 8.78 Å². The van der Waals surface area contributed by atoms with Crippen molar-refractivity contribution in [2.45, 2.75) is 12.3 Å². The second kappa shape index (κ2) is 4.08. The van der Waals surface area contributed by atoms with Gasteiger partial charge in [0, 0.05) is 5.39 Å². The average Bonchev–Trinajstić information content (AvgIpc) is 2.26. The smallest absolute Gasteiger partial charge is 0.309 e. The number of benzene rings is 1. The molecule has 1 N–H and O–H groups in total. The molecule has 3 nitrogen and oxygen atoms in total. The van der Waals surface area contributed by atoms with Crippen LogP contribution in [0, 0.1) is 0 Å². The monoisotopic (exact) mass is 237 g/mol. The minimum atomic E-state index is -3.45. The summed E-state index contributed by atoms with van der Waals surface area (Å²) in [6.45, 7) is 0. The maximum atomic E-state index is 13.5. The van der Waals surface area contributed by atoms with E-state index in [-0.39, 0.29) is 0 Å². The number of aromatic nitrogens is 1. The van der Waals surface area contributed by atoms with Crippen LogP contribution in [0.5, 0.6) is 0 Å². The number of aliphatic carboxylic acids is 1. The van der Waals surface area contributed by atoms with E-state index < -0.39 is 24.0 Å². The van der Waals surface area contributed by atoms with E-state index in [9.17, 15) is 13.6 Å². The standard InChI is InChI=1S/C12H9F2NO2/c13-12(14,7-11(16)17)10-6-5-8-3-1-2-4-9(8)15-10/h1-6H,7H2,(H,16,17). The molecule has 1 aromatic heterocycles. The number of hydrogen-bond acceptors (Lipinski definition) is 2. The van der Waals surface area contributed by atoms with E-state index in [0.717, 1.165) is 11.5 Å². The molecule has 2 rings (SSSR count). The molecular weight excluding hydrogens is 228 g/mol. The fraction of sp³-hybridized carbons (Fsp3) is 0.167. The molecule has 0 radical (unpaired) electrons. The van der Waals surface area contributed by atoms with Gasteiger partial charge in [0.25, 0.3) is 5.92 Å². The molecule has 0 aliphatic heterocycles. The van der Waals surface area contributed by atoms with Crippen LogP contribution in [-0.4, -0.2) is 16.1 Å². The number of pyridine rings is 1. The number of hydrogen-bond donors (Lipinski definition) is 1. The van der Waals surface area contributed by atoms with Gasteiger partial charge in [-0.15, -0.1) is 0 Å². The first-order valence-corrected chi connectivity index (χ1v) is 4.95. The van der Waals surface area contributed by atoms with Crippen molar-refractivity contribution in [2.75, 3.05) is 0 Å². The predicted molar refractivity (Wildman–Crippen MR) is 57.9 cm³/mol. The van der Waals surface area contributed by atoms with Gasteiger partial charge in [0.1, 0.15) is 12.1 Å². The molecule has 17 heavy (non-hydrogen) atoms. The summed E-state index contributed by atoms with van der Waals surface area (Å²) in [5.41, 5.74) is -0.0892. The highest BCUT2D eigenvalue weighted by Crippen LogP contribution is 2.31. The number of carbonyl (C=O) groups is 1. The van der Waals surface area contributed by atoms with Gasteiger partial charge in [-0.1, -0.05) is 24.3 Å². The molecule has 5 heteroatoms. The zero-order valence-electron chi connectivity index (χ0n) is 8.73. The molecule has 2 aromatic rings. The van der Waals surface area contributed by atoms with Crippen molar-refractivity contribution in [3.63, 3.8) is 0 Å². The zero-order chi connectivity index (χ0) is 12.5. The first kappa shape index (κ1) is 11.4. The Balaban J connectivity index is 2.45. The van der Waals surface area contributed by atoms with Gasteiger partial charge in [0.2, 0.25) is 0 Å². The van der Waals surface area contributed by atoms with Crippen molar-refractivity contribution < 1.29 is 18.7 Å². The van der Waals surface area contributed by atoms with Gasteiger partial charge >= 0.3 is 5.97 Å². The van der Waals surface area contributed by atoms with Crippen LogP contribution < -0.4 is 0 Å². The van der Waals surface area contributed by atoms with E-state index in [2.05, 4.69) is 4.98 Å². The van der Waals surface area contributed by atoms with E-state index >= 15 is 0 Å². The Hall–Kier alpha value is -2.04. The lowest BCUT2D eigenvalue weighted by molar-refractivity contribution is -0.145. The Kier molecular flexibility index (Phi) is 2.75. The van der Waals surface area contributed by atoms with Crippen LogP contribution in [0.1, 0.15) is 12.1 Å². The predicted octanol–water partition coefficient (Wildman–Crippen LogP) is 2.80. The Morgan fingerprint density at radius 3 is 2.65 bits per heavy atom.